The summed E-state index contributed by atoms with van der Waals surface area (Å²) in [6.07, 6.45) is 0.864. The van der Waals surface area contributed by atoms with Gasteiger partial charge in [-0.25, -0.2) is 0 Å². The van der Waals surface area contributed by atoms with Gasteiger partial charge in [0, 0.05) is 25.4 Å². The number of ether oxygens (including phenoxy) is 1. The van der Waals surface area contributed by atoms with Crippen LogP contribution in [0.15, 0.2) is 48.5 Å². The van der Waals surface area contributed by atoms with Crippen LogP contribution in [0, 0.1) is 5.92 Å². The van der Waals surface area contributed by atoms with Gasteiger partial charge in [0.15, 0.2) is 0 Å². The van der Waals surface area contributed by atoms with Crippen LogP contribution in [0.25, 0.3) is 0 Å². The smallest absolute Gasteiger partial charge is 0.308 e. The maximum atomic E-state index is 12.6. The number of carbonyl (C=O) groups is 2. The zero-order chi connectivity index (χ0) is 19.4. The molecule has 0 aliphatic carbocycles. The molecule has 1 heterocycles. The third-order valence-electron chi connectivity index (χ3n) is 5.06. The van der Waals surface area contributed by atoms with Gasteiger partial charge in [0.1, 0.15) is 5.75 Å². The predicted molar refractivity (Wildman–Crippen MR) is 103 cm³/mol. The maximum absolute atomic E-state index is 12.6. The number of nitrogens with zero attached hydrogens (tertiary/aromatic N) is 1. The van der Waals surface area contributed by atoms with Crippen molar-refractivity contribution in [2.75, 3.05) is 20.2 Å². The molecule has 1 N–H and O–H groups in total. The van der Waals surface area contributed by atoms with Crippen LogP contribution >= 0.6 is 11.6 Å². The summed E-state index contributed by atoms with van der Waals surface area (Å²) in [6, 6.07) is 15.0. The largest absolute Gasteiger partial charge is 0.495 e. The number of halogens is 1. The Kier molecular flexibility index (Phi) is 6.01. The topological polar surface area (TPSA) is 66.8 Å². The van der Waals surface area contributed by atoms with E-state index in [1.54, 1.807) is 24.1 Å². The zero-order valence-corrected chi connectivity index (χ0v) is 15.9. The van der Waals surface area contributed by atoms with E-state index in [1.165, 1.54) is 0 Å². The van der Waals surface area contributed by atoms with E-state index >= 15 is 0 Å². The number of aryl methyl sites for hydroxylation is 1. The fourth-order valence-corrected chi connectivity index (χ4v) is 3.85. The maximum Gasteiger partial charge on any atom is 0.308 e. The third kappa shape index (κ3) is 4.42. The van der Waals surface area contributed by atoms with Gasteiger partial charge in [-0.1, -0.05) is 48.0 Å². The second-order valence-corrected chi connectivity index (χ2v) is 7.14. The number of amides is 1. The molecule has 27 heavy (non-hydrogen) atoms. The molecule has 1 amide bonds. The Morgan fingerprint density at radius 3 is 2.56 bits per heavy atom. The molecular formula is C21H22ClNO4. The Labute approximate surface area is 163 Å². The quantitative estimate of drug-likeness (QED) is 0.822. The fraction of sp³-hybridized carbons (Fsp3) is 0.333. The summed E-state index contributed by atoms with van der Waals surface area (Å²) in [7, 11) is 1.56. The monoisotopic (exact) mass is 387 g/mol. The van der Waals surface area contributed by atoms with Crippen molar-refractivity contribution in [2.24, 2.45) is 5.92 Å². The highest BCUT2D eigenvalue weighted by molar-refractivity contribution is 6.32. The van der Waals surface area contributed by atoms with Crippen LogP contribution in [0.3, 0.4) is 0 Å². The van der Waals surface area contributed by atoms with Crippen LogP contribution in [0.5, 0.6) is 5.75 Å². The minimum absolute atomic E-state index is 0.0355. The fourth-order valence-electron chi connectivity index (χ4n) is 3.57. The molecule has 6 heteroatoms. The number of hydrogen-bond acceptors (Lipinski definition) is 3. The van der Waals surface area contributed by atoms with E-state index in [1.807, 2.05) is 36.4 Å². The molecule has 1 fully saturated rings. The minimum Gasteiger partial charge on any atom is -0.495 e. The molecule has 0 spiro atoms. The molecule has 1 aliphatic rings. The van der Waals surface area contributed by atoms with Crippen molar-refractivity contribution in [1.82, 2.24) is 4.90 Å². The van der Waals surface area contributed by atoms with Crippen molar-refractivity contribution in [3.63, 3.8) is 0 Å². The molecule has 3 rings (SSSR count). The summed E-state index contributed by atoms with van der Waals surface area (Å²) in [5.74, 6) is -1.05. The van der Waals surface area contributed by atoms with Crippen molar-refractivity contribution in [2.45, 2.75) is 18.8 Å². The average Bonchev–Trinajstić information content (AvgIpc) is 3.13. The van der Waals surface area contributed by atoms with Gasteiger partial charge in [0.05, 0.1) is 18.1 Å². The lowest BCUT2D eigenvalue weighted by Crippen LogP contribution is -2.30. The molecule has 2 aromatic rings. The molecule has 2 atom stereocenters. The van der Waals surface area contributed by atoms with Crippen molar-refractivity contribution in [3.05, 3.63) is 64.7 Å². The van der Waals surface area contributed by atoms with Crippen LogP contribution in [0.1, 0.15) is 23.5 Å². The first kappa shape index (κ1) is 19.2. The van der Waals surface area contributed by atoms with Gasteiger partial charge in [0.25, 0.3) is 0 Å². The Balaban J connectivity index is 1.65. The number of benzene rings is 2. The first-order valence-corrected chi connectivity index (χ1v) is 9.25. The number of carboxylic acid groups (broad SMARTS) is 1. The SMILES string of the molecule is COc1ccc(CCC(=O)N2CC(C(=O)O)C(c3ccccc3)C2)cc1Cl. The van der Waals surface area contributed by atoms with Crippen molar-refractivity contribution in [1.29, 1.82) is 0 Å². The number of likely N-dealkylation sites (tertiary alicyclic amines) is 1. The van der Waals surface area contributed by atoms with Gasteiger partial charge in [0.2, 0.25) is 5.91 Å². The Morgan fingerprint density at radius 2 is 1.93 bits per heavy atom. The lowest BCUT2D eigenvalue weighted by Gasteiger charge is -2.16. The normalized spacial score (nSPS) is 19.1. The van der Waals surface area contributed by atoms with Crippen molar-refractivity contribution in [3.8, 4) is 5.75 Å². The van der Waals surface area contributed by atoms with E-state index in [0.717, 1.165) is 11.1 Å². The highest BCUT2D eigenvalue weighted by Gasteiger charge is 2.40. The Morgan fingerprint density at radius 1 is 1.19 bits per heavy atom. The Hall–Kier alpha value is -2.53. The van der Waals surface area contributed by atoms with Crippen molar-refractivity contribution < 1.29 is 19.4 Å². The van der Waals surface area contributed by atoms with Crippen LogP contribution in [0.2, 0.25) is 5.02 Å². The highest BCUT2D eigenvalue weighted by Crippen LogP contribution is 2.33. The predicted octanol–water partition coefficient (Wildman–Crippen LogP) is 3.61. The molecule has 2 aromatic carbocycles. The van der Waals surface area contributed by atoms with Gasteiger partial charge in [-0.3, -0.25) is 9.59 Å². The summed E-state index contributed by atoms with van der Waals surface area (Å²) >= 11 is 6.13. The standard InChI is InChI=1S/C21H22ClNO4/c1-27-19-9-7-14(11-18(19)22)8-10-20(24)23-12-16(17(13-23)21(25)26)15-5-3-2-4-6-15/h2-7,9,11,16-17H,8,10,12-13H2,1H3,(H,25,26). The van der Waals surface area contributed by atoms with Gasteiger partial charge in [-0.05, 0) is 29.7 Å². The van der Waals surface area contributed by atoms with Crippen LogP contribution < -0.4 is 4.74 Å². The summed E-state index contributed by atoms with van der Waals surface area (Å²) in [4.78, 5) is 26.0. The van der Waals surface area contributed by atoms with Crippen LogP contribution in [-0.4, -0.2) is 42.1 Å². The van der Waals surface area contributed by atoms with E-state index < -0.39 is 11.9 Å². The number of hydrogen-bond donors (Lipinski definition) is 1. The molecule has 5 nitrogen and oxygen atoms in total. The second-order valence-electron chi connectivity index (χ2n) is 6.73. The first-order valence-electron chi connectivity index (χ1n) is 8.87. The number of carbonyl (C=O) groups excluding carboxylic acids is 1. The summed E-state index contributed by atoms with van der Waals surface area (Å²) in [6.45, 7) is 0.681. The molecule has 1 saturated heterocycles. The van der Waals surface area contributed by atoms with E-state index in [9.17, 15) is 14.7 Å². The van der Waals surface area contributed by atoms with Crippen molar-refractivity contribution >= 4 is 23.5 Å². The minimum atomic E-state index is -0.860. The number of aliphatic carboxylic acids is 1. The molecule has 0 radical (unpaired) electrons. The number of methoxy groups -OCH3 is 1. The van der Waals surface area contributed by atoms with Crippen LogP contribution in [0.4, 0.5) is 0 Å². The first-order chi connectivity index (χ1) is 13.0. The summed E-state index contributed by atoms with van der Waals surface area (Å²) < 4.78 is 5.13. The van der Waals surface area contributed by atoms with E-state index in [4.69, 9.17) is 16.3 Å². The van der Waals surface area contributed by atoms with Gasteiger partial charge >= 0.3 is 5.97 Å². The van der Waals surface area contributed by atoms with Gasteiger partial charge in [-0.2, -0.15) is 0 Å². The Bertz CT molecular complexity index is 824. The lowest BCUT2D eigenvalue weighted by atomic mass is 9.89. The molecular weight excluding hydrogens is 366 g/mol. The number of rotatable bonds is 6. The summed E-state index contributed by atoms with van der Waals surface area (Å²) in [5.41, 5.74) is 1.91. The molecule has 0 saturated carbocycles. The number of carboxylic acids is 1. The second kappa shape index (κ2) is 8.44. The molecule has 0 bridgehead atoms. The third-order valence-corrected chi connectivity index (χ3v) is 5.36. The van der Waals surface area contributed by atoms with Gasteiger partial charge < -0.3 is 14.7 Å². The lowest BCUT2D eigenvalue weighted by molar-refractivity contribution is -0.141. The zero-order valence-electron chi connectivity index (χ0n) is 15.1. The molecule has 142 valence electrons. The van der Waals surface area contributed by atoms with E-state index in [0.29, 0.717) is 30.2 Å². The molecule has 1 aliphatic heterocycles. The molecule has 0 aromatic heterocycles. The van der Waals surface area contributed by atoms with Crippen LogP contribution in [-0.2, 0) is 16.0 Å². The summed E-state index contributed by atoms with van der Waals surface area (Å²) in [5, 5.41) is 10.1. The average molecular weight is 388 g/mol. The highest BCUT2D eigenvalue weighted by atomic mass is 35.5. The van der Waals surface area contributed by atoms with E-state index in [2.05, 4.69) is 0 Å². The van der Waals surface area contributed by atoms with Gasteiger partial charge in [-0.15, -0.1) is 0 Å². The van der Waals surface area contributed by atoms with E-state index in [-0.39, 0.29) is 18.4 Å². The molecule has 2 unspecified atom stereocenters.